The van der Waals surface area contributed by atoms with Gasteiger partial charge in [-0.25, -0.2) is 9.18 Å². The Labute approximate surface area is 173 Å². The smallest absolute Gasteiger partial charge is 0.348 e. The highest BCUT2D eigenvalue weighted by Gasteiger charge is 2.22. The summed E-state index contributed by atoms with van der Waals surface area (Å²) in [5.74, 6) is -0.900. The minimum absolute atomic E-state index is 0.135. The molecule has 3 aromatic rings. The summed E-state index contributed by atoms with van der Waals surface area (Å²) >= 11 is 1.26. The number of amides is 1. The van der Waals surface area contributed by atoms with E-state index in [1.807, 2.05) is 30.1 Å². The van der Waals surface area contributed by atoms with Crippen LogP contribution in [0.4, 0.5) is 4.39 Å². The Bertz CT molecular complexity index is 1030. The number of esters is 1. The minimum atomic E-state index is -0.425. The van der Waals surface area contributed by atoms with Crippen molar-refractivity contribution in [3.63, 3.8) is 0 Å². The summed E-state index contributed by atoms with van der Waals surface area (Å²) in [7, 11) is 3.50. The summed E-state index contributed by atoms with van der Waals surface area (Å²) in [5.41, 5.74) is 2.25. The lowest BCUT2D eigenvalue weighted by molar-refractivity contribution is 0.0530. The number of nitrogens with one attached hydrogen (secondary N) is 1. The molecule has 0 saturated carbocycles. The van der Waals surface area contributed by atoms with Gasteiger partial charge in [0.1, 0.15) is 10.7 Å². The van der Waals surface area contributed by atoms with E-state index in [2.05, 4.69) is 5.32 Å². The van der Waals surface area contributed by atoms with E-state index in [4.69, 9.17) is 4.74 Å². The highest BCUT2D eigenvalue weighted by Crippen LogP contribution is 2.34. The number of nitrogens with zero attached hydrogens (tertiary/aromatic N) is 1. The Morgan fingerprint density at radius 3 is 2.52 bits per heavy atom. The summed E-state index contributed by atoms with van der Waals surface area (Å²) < 4.78 is 20.4. The molecule has 3 rings (SSSR count). The van der Waals surface area contributed by atoms with E-state index in [0.29, 0.717) is 34.5 Å². The van der Waals surface area contributed by atoms with Gasteiger partial charge in [-0.2, -0.15) is 0 Å². The van der Waals surface area contributed by atoms with Crippen molar-refractivity contribution in [1.29, 1.82) is 0 Å². The van der Waals surface area contributed by atoms with Gasteiger partial charge in [-0.05, 0) is 43.8 Å². The van der Waals surface area contributed by atoms with Gasteiger partial charge in [-0.1, -0.05) is 18.2 Å². The third-order valence-electron chi connectivity index (χ3n) is 4.55. The lowest BCUT2D eigenvalue weighted by Crippen LogP contribution is -2.20. The number of fused-ring (bicyclic) bond motifs is 1. The van der Waals surface area contributed by atoms with E-state index in [9.17, 15) is 14.0 Å². The highest BCUT2D eigenvalue weighted by atomic mass is 32.1. The van der Waals surface area contributed by atoms with Crippen LogP contribution in [-0.4, -0.2) is 37.5 Å². The number of halogens is 1. The fourth-order valence-corrected chi connectivity index (χ4v) is 4.34. The average Bonchev–Trinajstić information content (AvgIpc) is 3.07. The van der Waals surface area contributed by atoms with Gasteiger partial charge in [0.2, 0.25) is 0 Å². The van der Waals surface area contributed by atoms with Gasteiger partial charge in [0.15, 0.2) is 0 Å². The van der Waals surface area contributed by atoms with E-state index < -0.39 is 5.97 Å². The normalized spacial score (nSPS) is 11.1. The van der Waals surface area contributed by atoms with Crippen LogP contribution in [0.1, 0.15) is 38.1 Å². The van der Waals surface area contributed by atoms with E-state index >= 15 is 0 Å². The second kappa shape index (κ2) is 9.15. The van der Waals surface area contributed by atoms with Crippen molar-refractivity contribution in [1.82, 2.24) is 10.2 Å². The first-order valence-electron chi connectivity index (χ1n) is 9.31. The number of hydrogen-bond acceptors (Lipinski definition) is 5. The summed E-state index contributed by atoms with van der Waals surface area (Å²) in [5, 5.41) is 3.07. The molecule has 1 aromatic heterocycles. The zero-order valence-electron chi connectivity index (χ0n) is 16.6. The Morgan fingerprint density at radius 1 is 1.14 bits per heavy atom. The molecule has 0 aliphatic rings. The molecule has 0 aliphatic carbocycles. The molecule has 7 heteroatoms. The van der Waals surface area contributed by atoms with Crippen LogP contribution in [0.25, 0.3) is 10.1 Å². The molecule has 1 amide bonds. The molecule has 2 aromatic carbocycles. The molecule has 0 radical (unpaired) electrons. The molecule has 152 valence electrons. The van der Waals surface area contributed by atoms with Crippen LogP contribution < -0.4 is 5.32 Å². The van der Waals surface area contributed by atoms with Crippen LogP contribution >= 0.6 is 11.3 Å². The maximum atomic E-state index is 14.5. The molecule has 0 atom stereocenters. The van der Waals surface area contributed by atoms with E-state index in [0.717, 1.165) is 10.3 Å². The van der Waals surface area contributed by atoms with Gasteiger partial charge >= 0.3 is 5.97 Å². The van der Waals surface area contributed by atoms with Crippen LogP contribution in [0.5, 0.6) is 0 Å². The van der Waals surface area contributed by atoms with Gasteiger partial charge in [-0.3, -0.25) is 9.69 Å². The van der Waals surface area contributed by atoms with Crippen molar-refractivity contribution in [2.45, 2.75) is 20.0 Å². The SMILES string of the molecule is CCOC(=O)c1sc2cccc(F)c2c1CN(C)Cc1ccc(C(=O)NC)cc1. The number of carbonyl (C=O) groups is 2. The maximum absolute atomic E-state index is 14.5. The zero-order valence-corrected chi connectivity index (χ0v) is 17.4. The number of hydrogen-bond donors (Lipinski definition) is 1. The molecule has 1 N–H and O–H groups in total. The molecule has 1 heterocycles. The Balaban J connectivity index is 1.85. The first-order valence-corrected chi connectivity index (χ1v) is 10.1. The number of ether oxygens (including phenoxy) is 1. The first-order chi connectivity index (χ1) is 13.9. The Morgan fingerprint density at radius 2 is 1.86 bits per heavy atom. The molecule has 5 nitrogen and oxygen atoms in total. The summed E-state index contributed by atoms with van der Waals surface area (Å²) in [6.45, 7) is 3.00. The van der Waals surface area contributed by atoms with Crippen molar-refractivity contribution < 1.29 is 18.7 Å². The third-order valence-corrected chi connectivity index (χ3v) is 5.73. The fourth-order valence-electron chi connectivity index (χ4n) is 3.22. The molecule has 0 spiro atoms. The molecular weight excluding hydrogens is 391 g/mol. The molecule has 0 bridgehead atoms. The molecule has 0 aliphatic heterocycles. The van der Waals surface area contributed by atoms with Crippen molar-refractivity contribution in [3.05, 3.63) is 69.8 Å². The van der Waals surface area contributed by atoms with Crippen LogP contribution in [0, 0.1) is 5.82 Å². The van der Waals surface area contributed by atoms with Crippen molar-refractivity contribution in [2.24, 2.45) is 0 Å². The van der Waals surface area contributed by atoms with Crippen LogP contribution in [0.15, 0.2) is 42.5 Å². The molecule has 0 fully saturated rings. The lowest BCUT2D eigenvalue weighted by Gasteiger charge is -2.18. The lowest BCUT2D eigenvalue weighted by atomic mass is 10.1. The molecular formula is C22H23FN2O3S. The fraction of sp³-hybridized carbons (Fsp3) is 0.273. The highest BCUT2D eigenvalue weighted by molar-refractivity contribution is 7.21. The predicted octanol–water partition coefficient (Wildman–Crippen LogP) is 4.21. The summed E-state index contributed by atoms with van der Waals surface area (Å²) in [6.07, 6.45) is 0. The first kappa shape index (κ1) is 21.0. The topological polar surface area (TPSA) is 58.6 Å². The third kappa shape index (κ3) is 4.63. The quantitative estimate of drug-likeness (QED) is 0.589. The van der Waals surface area contributed by atoms with Gasteiger partial charge in [0, 0.05) is 41.4 Å². The van der Waals surface area contributed by atoms with Crippen molar-refractivity contribution in [3.8, 4) is 0 Å². The van der Waals surface area contributed by atoms with Gasteiger partial charge in [-0.15, -0.1) is 11.3 Å². The monoisotopic (exact) mass is 414 g/mol. The average molecular weight is 415 g/mol. The summed E-state index contributed by atoms with van der Waals surface area (Å²) in [6, 6.07) is 12.2. The largest absolute Gasteiger partial charge is 0.462 e. The van der Waals surface area contributed by atoms with Gasteiger partial charge in [0.25, 0.3) is 5.91 Å². The number of benzene rings is 2. The number of thiophene rings is 1. The van der Waals surface area contributed by atoms with E-state index in [1.54, 1.807) is 32.2 Å². The second-order valence-corrected chi connectivity index (χ2v) is 7.74. The standard InChI is InChI=1S/C22H23FN2O3S/c1-4-28-22(27)20-16(19-17(23)6-5-7-18(19)29-20)13-25(3)12-14-8-10-15(11-9-14)21(26)24-2/h5-11H,4,12-13H2,1-3H3,(H,24,26). The van der Waals surface area contributed by atoms with Crippen LogP contribution in [-0.2, 0) is 17.8 Å². The number of carbonyl (C=O) groups excluding carboxylic acids is 2. The van der Waals surface area contributed by atoms with Gasteiger partial charge in [0.05, 0.1) is 6.61 Å². The molecule has 0 unspecified atom stereocenters. The van der Waals surface area contributed by atoms with E-state index in [-0.39, 0.29) is 18.3 Å². The number of rotatable bonds is 7. The molecule has 0 saturated heterocycles. The van der Waals surface area contributed by atoms with Crippen molar-refractivity contribution in [2.75, 3.05) is 20.7 Å². The summed E-state index contributed by atoms with van der Waals surface area (Å²) in [4.78, 5) is 26.5. The van der Waals surface area contributed by atoms with E-state index in [1.165, 1.54) is 17.4 Å². The zero-order chi connectivity index (χ0) is 21.0. The second-order valence-electron chi connectivity index (χ2n) is 6.69. The van der Waals surface area contributed by atoms with Crippen LogP contribution in [0.3, 0.4) is 0 Å². The van der Waals surface area contributed by atoms with Crippen LogP contribution in [0.2, 0.25) is 0 Å². The Kier molecular flexibility index (Phi) is 6.61. The van der Waals surface area contributed by atoms with Gasteiger partial charge < -0.3 is 10.1 Å². The minimum Gasteiger partial charge on any atom is -0.462 e. The Hall–Kier alpha value is -2.77. The van der Waals surface area contributed by atoms with Crippen molar-refractivity contribution >= 4 is 33.3 Å². The maximum Gasteiger partial charge on any atom is 0.348 e. The predicted molar refractivity (Wildman–Crippen MR) is 113 cm³/mol. The molecule has 29 heavy (non-hydrogen) atoms.